The van der Waals surface area contributed by atoms with E-state index in [2.05, 4.69) is 10.2 Å². The molecule has 1 aliphatic rings. The van der Waals surface area contributed by atoms with Crippen LogP contribution in [0.1, 0.15) is 41.9 Å². The van der Waals surface area contributed by atoms with E-state index in [1.807, 2.05) is 6.07 Å². The van der Waals surface area contributed by atoms with Crippen molar-refractivity contribution in [2.75, 3.05) is 13.2 Å². The highest BCUT2D eigenvalue weighted by atomic mass is 16.5. The fourth-order valence-corrected chi connectivity index (χ4v) is 1.73. The molecule has 2 rings (SSSR count). The maximum absolute atomic E-state index is 11.0. The summed E-state index contributed by atoms with van der Waals surface area (Å²) >= 11 is 0. The summed E-state index contributed by atoms with van der Waals surface area (Å²) in [6.07, 6.45) is 2.03. The molecule has 0 saturated carbocycles. The first-order valence-electron chi connectivity index (χ1n) is 4.91. The Morgan fingerprint density at radius 3 is 2.86 bits per heavy atom. The Labute approximate surface area is 82.7 Å². The maximum atomic E-state index is 11.0. The molecule has 1 aromatic heterocycles. The summed E-state index contributed by atoms with van der Waals surface area (Å²) in [6.45, 7) is 3.14. The Hall–Kier alpha value is -1.16. The monoisotopic (exact) mass is 194 g/mol. The lowest BCUT2D eigenvalue weighted by Gasteiger charge is -2.20. The lowest BCUT2D eigenvalue weighted by atomic mass is 9.96. The number of aromatic nitrogens is 2. The van der Waals surface area contributed by atoms with Crippen molar-refractivity contribution in [2.24, 2.45) is 0 Å². The molecule has 14 heavy (non-hydrogen) atoms. The molecule has 0 unspecified atom stereocenters. The number of nitrogens with zero attached hydrogens (tertiary/aromatic N) is 1. The Kier molecular flexibility index (Phi) is 2.63. The quantitative estimate of drug-likeness (QED) is 0.726. The Morgan fingerprint density at radius 1 is 1.57 bits per heavy atom. The number of hydrogen-bond donors (Lipinski definition) is 1. The molecule has 0 amide bonds. The second-order valence-electron chi connectivity index (χ2n) is 3.65. The van der Waals surface area contributed by atoms with Crippen molar-refractivity contribution in [3.05, 3.63) is 17.5 Å². The van der Waals surface area contributed by atoms with Gasteiger partial charge in [0.1, 0.15) is 5.69 Å². The number of nitrogens with one attached hydrogen (secondary N) is 1. The summed E-state index contributed by atoms with van der Waals surface area (Å²) in [5.41, 5.74) is 1.60. The topological polar surface area (TPSA) is 55.0 Å². The highest BCUT2D eigenvalue weighted by Gasteiger charge is 2.18. The van der Waals surface area contributed by atoms with Gasteiger partial charge in [-0.3, -0.25) is 9.89 Å². The number of ether oxygens (including phenoxy) is 1. The lowest BCUT2D eigenvalue weighted by molar-refractivity contribution is 0.0845. The molecule has 76 valence electrons. The van der Waals surface area contributed by atoms with Crippen molar-refractivity contribution in [3.8, 4) is 0 Å². The fourth-order valence-electron chi connectivity index (χ4n) is 1.73. The third kappa shape index (κ3) is 1.85. The number of carbonyl (C=O) groups is 1. The van der Waals surface area contributed by atoms with Crippen LogP contribution in [-0.2, 0) is 4.74 Å². The zero-order valence-corrected chi connectivity index (χ0v) is 8.25. The number of H-pyrrole nitrogens is 1. The SMILES string of the molecule is CC(=O)c1cc(C2CCOCC2)[nH]n1. The van der Waals surface area contributed by atoms with Crippen LogP contribution >= 0.6 is 0 Å². The molecular weight excluding hydrogens is 180 g/mol. The number of Topliss-reactive ketones (excluding diaryl/α,β-unsaturated/α-hetero) is 1. The van der Waals surface area contributed by atoms with Gasteiger partial charge in [0.15, 0.2) is 5.78 Å². The molecule has 1 saturated heterocycles. The summed E-state index contributed by atoms with van der Waals surface area (Å²) in [5.74, 6) is 0.490. The van der Waals surface area contributed by atoms with E-state index in [0.717, 1.165) is 31.7 Å². The maximum Gasteiger partial charge on any atom is 0.179 e. The van der Waals surface area contributed by atoms with Gasteiger partial charge in [-0.15, -0.1) is 0 Å². The predicted octanol–water partition coefficient (Wildman–Crippen LogP) is 1.51. The van der Waals surface area contributed by atoms with Gasteiger partial charge in [-0.1, -0.05) is 0 Å². The van der Waals surface area contributed by atoms with Crippen molar-refractivity contribution < 1.29 is 9.53 Å². The Balaban J connectivity index is 2.11. The first kappa shape index (κ1) is 9.40. The van der Waals surface area contributed by atoms with Gasteiger partial charge >= 0.3 is 0 Å². The van der Waals surface area contributed by atoms with Crippen LogP contribution in [0, 0.1) is 0 Å². The minimum Gasteiger partial charge on any atom is -0.381 e. The van der Waals surface area contributed by atoms with E-state index in [4.69, 9.17) is 4.74 Å². The summed E-state index contributed by atoms with van der Waals surface area (Å²) in [5, 5.41) is 6.91. The largest absolute Gasteiger partial charge is 0.381 e. The molecule has 0 spiro atoms. The van der Waals surface area contributed by atoms with Gasteiger partial charge < -0.3 is 4.74 Å². The third-order valence-corrected chi connectivity index (χ3v) is 2.62. The summed E-state index contributed by atoms with van der Waals surface area (Å²) in [6, 6.07) is 1.86. The molecule has 1 fully saturated rings. The highest BCUT2D eigenvalue weighted by Crippen LogP contribution is 2.25. The highest BCUT2D eigenvalue weighted by molar-refractivity contribution is 5.92. The second kappa shape index (κ2) is 3.92. The van der Waals surface area contributed by atoms with Crippen molar-refractivity contribution in [1.82, 2.24) is 10.2 Å². The van der Waals surface area contributed by atoms with Crippen LogP contribution in [-0.4, -0.2) is 29.2 Å². The van der Waals surface area contributed by atoms with Crippen LogP contribution in [0.3, 0.4) is 0 Å². The molecule has 0 aromatic carbocycles. The Bertz CT molecular complexity index is 327. The van der Waals surface area contributed by atoms with Crippen LogP contribution in [0.15, 0.2) is 6.07 Å². The predicted molar refractivity (Wildman–Crippen MR) is 51.4 cm³/mol. The molecule has 0 aliphatic carbocycles. The van der Waals surface area contributed by atoms with E-state index in [1.165, 1.54) is 6.92 Å². The van der Waals surface area contributed by atoms with Gasteiger partial charge in [0.25, 0.3) is 0 Å². The number of hydrogen-bond acceptors (Lipinski definition) is 3. The van der Waals surface area contributed by atoms with Crippen molar-refractivity contribution >= 4 is 5.78 Å². The molecule has 4 heteroatoms. The van der Waals surface area contributed by atoms with Crippen LogP contribution in [0.2, 0.25) is 0 Å². The molecular formula is C10H14N2O2. The normalized spacial score (nSPS) is 18.4. The Morgan fingerprint density at radius 2 is 2.29 bits per heavy atom. The van der Waals surface area contributed by atoms with Gasteiger partial charge in [0.2, 0.25) is 0 Å². The zero-order valence-electron chi connectivity index (χ0n) is 8.25. The van der Waals surface area contributed by atoms with Gasteiger partial charge in [-0.05, 0) is 18.9 Å². The minimum absolute atomic E-state index is 0.0135. The van der Waals surface area contributed by atoms with Crippen molar-refractivity contribution in [2.45, 2.75) is 25.7 Å². The van der Waals surface area contributed by atoms with Crippen LogP contribution in [0.4, 0.5) is 0 Å². The van der Waals surface area contributed by atoms with Gasteiger partial charge in [-0.2, -0.15) is 5.10 Å². The van der Waals surface area contributed by atoms with Gasteiger partial charge in [0, 0.05) is 31.7 Å². The standard InChI is InChI=1S/C10H14N2O2/c1-7(13)9-6-10(12-11-9)8-2-4-14-5-3-8/h6,8H,2-5H2,1H3,(H,11,12). The van der Waals surface area contributed by atoms with E-state index in [1.54, 1.807) is 0 Å². The number of rotatable bonds is 2. The lowest BCUT2D eigenvalue weighted by Crippen LogP contribution is -2.14. The van der Waals surface area contributed by atoms with E-state index in [-0.39, 0.29) is 5.78 Å². The number of ketones is 1. The van der Waals surface area contributed by atoms with Crippen molar-refractivity contribution in [3.63, 3.8) is 0 Å². The van der Waals surface area contributed by atoms with Gasteiger partial charge in [-0.25, -0.2) is 0 Å². The van der Waals surface area contributed by atoms with Crippen LogP contribution < -0.4 is 0 Å². The summed E-state index contributed by atoms with van der Waals surface area (Å²) in [7, 11) is 0. The fraction of sp³-hybridized carbons (Fsp3) is 0.600. The minimum atomic E-state index is 0.0135. The van der Waals surface area contributed by atoms with Crippen LogP contribution in [0.25, 0.3) is 0 Å². The van der Waals surface area contributed by atoms with Crippen LogP contribution in [0.5, 0.6) is 0 Å². The average molecular weight is 194 g/mol. The second-order valence-corrected chi connectivity index (χ2v) is 3.65. The molecule has 0 atom stereocenters. The molecule has 1 aromatic rings. The number of aromatic amines is 1. The van der Waals surface area contributed by atoms with Crippen molar-refractivity contribution in [1.29, 1.82) is 0 Å². The molecule has 4 nitrogen and oxygen atoms in total. The van der Waals surface area contributed by atoms with E-state index in [0.29, 0.717) is 11.6 Å². The molecule has 0 radical (unpaired) electrons. The smallest absolute Gasteiger partial charge is 0.179 e. The molecule has 0 bridgehead atoms. The van der Waals surface area contributed by atoms with E-state index in [9.17, 15) is 4.79 Å². The summed E-state index contributed by atoms with van der Waals surface area (Å²) < 4.78 is 5.27. The van der Waals surface area contributed by atoms with E-state index >= 15 is 0 Å². The first-order valence-corrected chi connectivity index (χ1v) is 4.91. The molecule has 1 aliphatic heterocycles. The average Bonchev–Trinajstić information content (AvgIpc) is 2.68. The zero-order chi connectivity index (χ0) is 9.97. The third-order valence-electron chi connectivity index (χ3n) is 2.62. The molecule has 1 N–H and O–H groups in total. The molecule has 2 heterocycles. The van der Waals surface area contributed by atoms with Gasteiger partial charge in [0.05, 0.1) is 0 Å². The summed E-state index contributed by atoms with van der Waals surface area (Å²) in [4.78, 5) is 11.0. The number of carbonyl (C=O) groups excluding carboxylic acids is 1. The van der Waals surface area contributed by atoms with E-state index < -0.39 is 0 Å². The first-order chi connectivity index (χ1) is 6.77.